The molecule has 0 bridgehead atoms. The predicted molar refractivity (Wildman–Crippen MR) is 58.4 cm³/mol. The summed E-state index contributed by atoms with van der Waals surface area (Å²) in [5.74, 6) is 1.35. The third-order valence-electron chi connectivity index (χ3n) is 1.79. The van der Waals surface area contributed by atoms with E-state index in [2.05, 4.69) is 25.5 Å². The van der Waals surface area contributed by atoms with Gasteiger partial charge in [-0.3, -0.25) is 5.10 Å². The van der Waals surface area contributed by atoms with Crippen LogP contribution >= 0.6 is 11.6 Å². The fourth-order valence-electron chi connectivity index (χ4n) is 1.21. The average Bonchev–Trinajstić information content (AvgIpc) is 2.49. The summed E-state index contributed by atoms with van der Waals surface area (Å²) >= 11 is 5.73. The third kappa shape index (κ3) is 2.44. The van der Waals surface area contributed by atoms with Crippen molar-refractivity contribution >= 4 is 23.2 Å². The normalized spacial score (nSPS) is 10.3. The van der Waals surface area contributed by atoms with E-state index in [1.54, 1.807) is 6.07 Å². The van der Waals surface area contributed by atoms with Crippen molar-refractivity contribution in [2.75, 3.05) is 5.32 Å². The van der Waals surface area contributed by atoms with Gasteiger partial charge in [0.1, 0.15) is 5.82 Å². The second-order valence-corrected chi connectivity index (χ2v) is 3.56. The van der Waals surface area contributed by atoms with Gasteiger partial charge in [-0.15, -0.1) is 0 Å². The number of aromatic amines is 1. The van der Waals surface area contributed by atoms with Gasteiger partial charge in [0.2, 0.25) is 5.28 Å². The molecule has 0 atom stereocenters. The van der Waals surface area contributed by atoms with E-state index in [1.807, 2.05) is 19.9 Å². The van der Waals surface area contributed by atoms with Crippen LogP contribution in [0.4, 0.5) is 11.6 Å². The highest BCUT2D eigenvalue weighted by Gasteiger charge is 2.02. The summed E-state index contributed by atoms with van der Waals surface area (Å²) < 4.78 is 0. The molecule has 15 heavy (non-hydrogen) atoms. The molecule has 0 saturated heterocycles. The van der Waals surface area contributed by atoms with Crippen LogP contribution in [0.25, 0.3) is 0 Å². The number of hydrogen-bond acceptors (Lipinski definition) is 4. The van der Waals surface area contributed by atoms with Gasteiger partial charge in [-0.2, -0.15) is 5.10 Å². The molecule has 5 nitrogen and oxygen atoms in total. The molecule has 0 aliphatic carbocycles. The minimum absolute atomic E-state index is 0.227. The number of anilines is 2. The summed E-state index contributed by atoms with van der Waals surface area (Å²) in [7, 11) is 0. The molecule has 0 aliphatic rings. The minimum atomic E-state index is 0.227. The van der Waals surface area contributed by atoms with Crippen molar-refractivity contribution < 1.29 is 0 Å². The maximum atomic E-state index is 5.73. The van der Waals surface area contributed by atoms with E-state index in [1.165, 1.54) is 0 Å². The largest absolute Gasteiger partial charge is 0.323 e. The summed E-state index contributed by atoms with van der Waals surface area (Å²) in [6.07, 6.45) is 0. The first-order valence-corrected chi connectivity index (χ1v) is 4.81. The van der Waals surface area contributed by atoms with Gasteiger partial charge in [0.05, 0.1) is 0 Å². The number of halogens is 1. The van der Waals surface area contributed by atoms with E-state index in [9.17, 15) is 0 Å². The first-order chi connectivity index (χ1) is 7.13. The highest BCUT2D eigenvalue weighted by atomic mass is 35.5. The van der Waals surface area contributed by atoms with Gasteiger partial charge >= 0.3 is 0 Å². The molecule has 0 fully saturated rings. The van der Waals surface area contributed by atoms with Gasteiger partial charge in [-0.05, 0) is 25.4 Å². The summed E-state index contributed by atoms with van der Waals surface area (Å²) in [5.41, 5.74) is 1.79. The van der Waals surface area contributed by atoms with Crippen molar-refractivity contribution in [3.8, 4) is 0 Å². The molecule has 0 spiro atoms. The molecular weight excluding hydrogens is 214 g/mol. The molecule has 0 aromatic carbocycles. The first kappa shape index (κ1) is 9.92. The van der Waals surface area contributed by atoms with Crippen molar-refractivity contribution in [3.05, 3.63) is 28.8 Å². The fourth-order valence-corrected chi connectivity index (χ4v) is 1.43. The molecular formula is C9H10ClN5. The van der Waals surface area contributed by atoms with Gasteiger partial charge in [-0.1, -0.05) is 0 Å². The van der Waals surface area contributed by atoms with E-state index in [4.69, 9.17) is 11.6 Å². The molecule has 2 rings (SSSR count). The maximum Gasteiger partial charge on any atom is 0.224 e. The number of aryl methyl sites for hydroxylation is 2. The minimum Gasteiger partial charge on any atom is -0.323 e. The van der Waals surface area contributed by atoms with Crippen LogP contribution in [0, 0.1) is 13.8 Å². The van der Waals surface area contributed by atoms with Crippen molar-refractivity contribution in [2.24, 2.45) is 0 Å². The van der Waals surface area contributed by atoms with Crippen molar-refractivity contribution in [3.63, 3.8) is 0 Å². The topological polar surface area (TPSA) is 66.5 Å². The molecule has 0 radical (unpaired) electrons. The van der Waals surface area contributed by atoms with Crippen molar-refractivity contribution in [2.45, 2.75) is 13.8 Å². The highest BCUT2D eigenvalue weighted by molar-refractivity contribution is 6.28. The van der Waals surface area contributed by atoms with Gasteiger partial charge in [-0.25, -0.2) is 9.97 Å². The SMILES string of the molecule is Cc1cc(Nc2cc(C)[nH]n2)nc(Cl)n1. The lowest BCUT2D eigenvalue weighted by Crippen LogP contribution is -1.96. The smallest absolute Gasteiger partial charge is 0.224 e. The standard InChI is InChI=1S/C9H10ClN5/c1-5-3-7(13-9(10)11-5)12-8-4-6(2)14-15-8/h3-4H,1-2H3,(H2,11,12,13,14,15). The molecule has 0 unspecified atom stereocenters. The second kappa shape index (κ2) is 3.86. The molecule has 2 aromatic heterocycles. The van der Waals surface area contributed by atoms with E-state index < -0.39 is 0 Å². The highest BCUT2D eigenvalue weighted by Crippen LogP contribution is 2.15. The molecule has 2 aromatic rings. The summed E-state index contributed by atoms with van der Waals surface area (Å²) in [6, 6.07) is 3.68. The lowest BCUT2D eigenvalue weighted by Gasteiger charge is -2.02. The summed E-state index contributed by atoms with van der Waals surface area (Å²) in [4.78, 5) is 8.00. The Kier molecular flexibility index (Phi) is 2.55. The summed E-state index contributed by atoms with van der Waals surface area (Å²) in [6.45, 7) is 3.78. The lowest BCUT2D eigenvalue weighted by atomic mass is 10.4. The Balaban J connectivity index is 2.24. The van der Waals surface area contributed by atoms with E-state index in [0.29, 0.717) is 11.6 Å². The van der Waals surface area contributed by atoms with Gasteiger partial charge < -0.3 is 5.32 Å². The molecule has 2 N–H and O–H groups in total. The van der Waals surface area contributed by atoms with E-state index >= 15 is 0 Å². The zero-order valence-corrected chi connectivity index (χ0v) is 9.13. The molecule has 0 aliphatic heterocycles. The number of rotatable bonds is 2. The molecule has 0 saturated carbocycles. The maximum absolute atomic E-state index is 5.73. The Labute approximate surface area is 91.9 Å². The number of hydrogen-bond donors (Lipinski definition) is 2. The van der Waals surface area contributed by atoms with Crippen LogP contribution in [0.15, 0.2) is 12.1 Å². The molecule has 2 heterocycles. The van der Waals surface area contributed by atoms with Crippen molar-refractivity contribution in [1.29, 1.82) is 0 Å². The lowest BCUT2D eigenvalue weighted by molar-refractivity contribution is 1.04. The zero-order valence-electron chi connectivity index (χ0n) is 8.37. The van der Waals surface area contributed by atoms with Crippen LogP contribution in [0.2, 0.25) is 5.28 Å². The van der Waals surface area contributed by atoms with E-state index in [-0.39, 0.29) is 5.28 Å². The van der Waals surface area contributed by atoms with Crippen LogP contribution in [0.1, 0.15) is 11.4 Å². The Bertz CT molecular complexity index is 459. The van der Waals surface area contributed by atoms with Crippen LogP contribution in [-0.4, -0.2) is 20.2 Å². The average molecular weight is 224 g/mol. The number of H-pyrrole nitrogens is 1. The summed E-state index contributed by atoms with van der Waals surface area (Å²) in [5, 5.41) is 10.1. The Hall–Kier alpha value is -1.62. The Morgan fingerprint density at radius 2 is 2.00 bits per heavy atom. The fraction of sp³-hybridized carbons (Fsp3) is 0.222. The number of nitrogens with zero attached hydrogens (tertiary/aromatic N) is 3. The van der Waals surface area contributed by atoms with E-state index in [0.717, 1.165) is 11.4 Å². The van der Waals surface area contributed by atoms with Crippen LogP contribution in [0.3, 0.4) is 0 Å². The number of nitrogens with one attached hydrogen (secondary N) is 2. The van der Waals surface area contributed by atoms with Crippen LogP contribution in [-0.2, 0) is 0 Å². The van der Waals surface area contributed by atoms with Gasteiger partial charge in [0.25, 0.3) is 0 Å². The van der Waals surface area contributed by atoms with Crippen LogP contribution < -0.4 is 5.32 Å². The van der Waals surface area contributed by atoms with Crippen LogP contribution in [0.5, 0.6) is 0 Å². The second-order valence-electron chi connectivity index (χ2n) is 3.22. The monoisotopic (exact) mass is 223 g/mol. The van der Waals surface area contributed by atoms with Crippen molar-refractivity contribution in [1.82, 2.24) is 20.2 Å². The third-order valence-corrected chi connectivity index (χ3v) is 1.96. The quantitative estimate of drug-likeness (QED) is 0.767. The number of aromatic nitrogens is 4. The Morgan fingerprint density at radius 3 is 2.60 bits per heavy atom. The predicted octanol–water partition coefficient (Wildman–Crippen LogP) is 2.21. The van der Waals surface area contributed by atoms with Gasteiger partial charge in [0.15, 0.2) is 5.82 Å². The molecule has 0 amide bonds. The molecule has 6 heteroatoms. The zero-order chi connectivity index (χ0) is 10.8. The Morgan fingerprint density at radius 1 is 1.20 bits per heavy atom. The first-order valence-electron chi connectivity index (χ1n) is 4.44. The van der Waals surface area contributed by atoms with Gasteiger partial charge in [0, 0.05) is 23.5 Å². The molecule has 78 valence electrons.